The zero-order valence-corrected chi connectivity index (χ0v) is 15.8. The van der Waals surface area contributed by atoms with E-state index in [0.29, 0.717) is 55.8 Å². The van der Waals surface area contributed by atoms with Gasteiger partial charge in [-0.2, -0.15) is 5.26 Å². The average Bonchev–Trinajstić information content (AvgIpc) is 3.27. The number of carbonyl (C=O) groups is 1. The Morgan fingerprint density at radius 3 is 2.76 bits per heavy atom. The second kappa shape index (κ2) is 6.78. The first kappa shape index (κ1) is 18.0. The van der Waals surface area contributed by atoms with Crippen molar-refractivity contribution in [3.8, 4) is 6.07 Å². The molecule has 1 aromatic carbocycles. The largest absolute Gasteiger partial charge is 0.356 e. The first-order valence-corrected chi connectivity index (χ1v) is 9.83. The lowest BCUT2D eigenvalue weighted by Crippen LogP contribution is -2.50. The van der Waals surface area contributed by atoms with Crippen molar-refractivity contribution < 1.29 is 13.9 Å². The highest BCUT2D eigenvalue weighted by Gasteiger charge is 2.58. The molecular formula is C21H20FN5O2. The summed E-state index contributed by atoms with van der Waals surface area (Å²) >= 11 is 0. The van der Waals surface area contributed by atoms with E-state index in [-0.39, 0.29) is 24.0 Å². The predicted molar refractivity (Wildman–Crippen MR) is 101 cm³/mol. The summed E-state index contributed by atoms with van der Waals surface area (Å²) in [6.45, 7) is 1.19. The molecule has 3 fully saturated rings. The number of nitriles is 1. The van der Waals surface area contributed by atoms with Gasteiger partial charge in [0, 0.05) is 37.6 Å². The van der Waals surface area contributed by atoms with Crippen LogP contribution in [-0.4, -0.2) is 45.7 Å². The lowest BCUT2D eigenvalue weighted by atomic mass is 9.89. The lowest BCUT2D eigenvalue weighted by Gasteiger charge is -2.38. The van der Waals surface area contributed by atoms with Crippen LogP contribution in [0.25, 0.3) is 0 Å². The number of aromatic nitrogens is 2. The maximum Gasteiger partial charge on any atom is 0.257 e. The van der Waals surface area contributed by atoms with Crippen LogP contribution in [0.3, 0.4) is 0 Å². The second-order valence-electron chi connectivity index (χ2n) is 7.75. The van der Waals surface area contributed by atoms with Crippen molar-refractivity contribution in [1.82, 2.24) is 14.9 Å². The molecule has 7 nitrogen and oxygen atoms in total. The Labute approximate surface area is 167 Å². The van der Waals surface area contributed by atoms with Crippen molar-refractivity contribution in [3.05, 3.63) is 53.7 Å². The molecule has 0 unspecified atom stereocenters. The molecule has 0 bridgehead atoms. The van der Waals surface area contributed by atoms with E-state index in [1.807, 2.05) is 11.0 Å². The molecule has 3 aliphatic heterocycles. The maximum absolute atomic E-state index is 14.3. The number of amides is 1. The average molecular weight is 393 g/mol. The minimum absolute atomic E-state index is 0.0340. The number of hydrogen-bond donors (Lipinski definition) is 0. The molecule has 5 rings (SSSR count). The fourth-order valence-corrected chi connectivity index (χ4v) is 4.77. The van der Waals surface area contributed by atoms with Crippen molar-refractivity contribution in [2.75, 3.05) is 18.0 Å². The Kier molecular flexibility index (Phi) is 4.21. The molecule has 29 heavy (non-hydrogen) atoms. The minimum Gasteiger partial charge on any atom is -0.356 e. The Hall–Kier alpha value is -3.05. The normalized spacial score (nSPS) is 25.3. The summed E-state index contributed by atoms with van der Waals surface area (Å²) in [5.74, 6) is 0.369. The van der Waals surface area contributed by atoms with Gasteiger partial charge in [0.05, 0.1) is 6.04 Å². The van der Waals surface area contributed by atoms with E-state index >= 15 is 0 Å². The first-order chi connectivity index (χ1) is 14.1. The molecule has 1 aromatic heterocycles. The van der Waals surface area contributed by atoms with E-state index in [1.165, 1.54) is 12.4 Å². The lowest BCUT2D eigenvalue weighted by molar-refractivity contribution is -0.140. The van der Waals surface area contributed by atoms with Gasteiger partial charge in [0.2, 0.25) is 0 Å². The number of fused-ring (bicyclic) bond motifs is 1. The van der Waals surface area contributed by atoms with E-state index in [2.05, 4.69) is 9.97 Å². The summed E-state index contributed by atoms with van der Waals surface area (Å²) in [7, 11) is 0. The van der Waals surface area contributed by atoms with E-state index in [1.54, 1.807) is 29.2 Å². The van der Waals surface area contributed by atoms with E-state index in [4.69, 9.17) is 10.00 Å². The topological polar surface area (TPSA) is 82.4 Å². The first-order valence-electron chi connectivity index (χ1n) is 9.83. The van der Waals surface area contributed by atoms with Gasteiger partial charge in [-0.25, -0.2) is 14.4 Å². The van der Waals surface area contributed by atoms with E-state index < -0.39 is 5.60 Å². The van der Waals surface area contributed by atoms with Gasteiger partial charge >= 0.3 is 0 Å². The third kappa shape index (κ3) is 2.85. The predicted octanol–water partition coefficient (Wildman–Crippen LogP) is 2.55. The van der Waals surface area contributed by atoms with Crippen LogP contribution in [0, 0.1) is 17.1 Å². The molecule has 1 spiro atoms. The molecule has 0 aliphatic carbocycles. The number of piperidine rings is 1. The SMILES string of the molecule is N#Cc1cc(N2CCC3(CC2)O[C@@H]2CC[C@@H](c4ccccc4F)N2C3=O)ncn1. The summed E-state index contributed by atoms with van der Waals surface area (Å²) in [5, 5.41) is 9.04. The molecular weight excluding hydrogens is 373 g/mol. The fourth-order valence-electron chi connectivity index (χ4n) is 4.77. The molecule has 2 aromatic rings. The van der Waals surface area contributed by atoms with Gasteiger partial charge in [-0.15, -0.1) is 0 Å². The van der Waals surface area contributed by atoms with Crippen molar-refractivity contribution >= 4 is 11.7 Å². The number of benzene rings is 1. The van der Waals surface area contributed by atoms with Crippen molar-refractivity contribution in [2.24, 2.45) is 0 Å². The summed E-state index contributed by atoms with van der Waals surface area (Å²) in [6.07, 6.45) is 3.59. The molecule has 0 N–H and O–H groups in total. The van der Waals surface area contributed by atoms with Gasteiger partial charge < -0.3 is 14.5 Å². The van der Waals surface area contributed by atoms with Crippen LogP contribution in [0.1, 0.15) is 43.0 Å². The number of hydrogen-bond acceptors (Lipinski definition) is 6. The number of ether oxygens (including phenoxy) is 1. The number of halogens is 1. The molecule has 4 heterocycles. The molecule has 0 radical (unpaired) electrons. The Balaban J connectivity index is 1.34. The smallest absolute Gasteiger partial charge is 0.257 e. The highest BCUT2D eigenvalue weighted by Crippen LogP contribution is 2.48. The fraction of sp³-hybridized carbons (Fsp3) is 0.429. The van der Waals surface area contributed by atoms with Crippen molar-refractivity contribution in [2.45, 2.75) is 43.6 Å². The summed E-state index contributed by atoms with van der Waals surface area (Å²) in [5.41, 5.74) is 0.0271. The Morgan fingerprint density at radius 1 is 1.21 bits per heavy atom. The number of nitrogens with zero attached hydrogens (tertiary/aromatic N) is 5. The Morgan fingerprint density at radius 2 is 2.00 bits per heavy atom. The zero-order valence-electron chi connectivity index (χ0n) is 15.8. The van der Waals surface area contributed by atoms with Gasteiger partial charge in [-0.1, -0.05) is 18.2 Å². The van der Waals surface area contributed by atoms with Crippen molar-refractivity contribution in [1.29, 1.82) is 5.26 Å². The van der Waals surface area contributed by atoms with Crippen LogP contribution in [-0.2, 0) is 9.53 Å². The molecule has 1 amide bonds. The number of rotatable bonds is 2. The Bertz CT molecular complexity index is 999. The van der Waals surface area contributed by atoms with Crippen LogP contribution in [0.2, 0.25) is 0 Å². The molecule has 2 atom stereocenters. The van der Waals surface area contributed by atoms with Gasteiger partial charge in [-0.3, -0.25) is 4.79 Å². The molecule has 148 valence electrons. The van der Waals surface area contributed by atoms with Crippen LogP contribution >= 0.6 is 0 Å². The molecule has 8 heteroatoms. The summed E-state index contributed by atoms with van der Waals surface area (Å²) in [4.78, 5) is 25.3. The maximum atomic E-state index is 14.3. The van der Waals surface area contributed by atoms with Crippen molar-refractivity contribution in [3.63, 3.8) is 0 Å². The number of carbonyl (C=O) groups excluding carboxylic acids is 1. The van der Waals surface area contributed by atoms with Gasteiger partial charge in [0.1, 0.15) is 36.0 Å². The van der Waals surface area contributed by atoms with Gasteiger partial charge in [0.25, 0.3) is 5.91 Å². The van der Waals surface area contributed by atoms with E-state index in [9.17, 15) is 9.18 Å². The minimum atomic E-state index is -0.851. The van der Waals surface area contributed by atoms with Gasteiger partial charge in [0.15, 0.2) is 5.60 Å². The quantitative estimate of drug-likeness (QED) is 0.780. The number of anilines is 1. The van der Waals surface area contributed by atoms with Crippen LogP contribution in [0.5, 0.6) is 0 Å². The highest BCUT2D eigenvalue weighted by molar-refractivity contribution is 5.88. The standard InChI is InChI=1S/C21H20FN5O2/c22-16-4-2-1-3-15(16)17-5-6-19-27(17)20(28)21(29-19)7-9-26(10-8-21)18-11-14(12-23)24-13-25-18/h1-4,11,13,17,19H,5-10H2/t17-,19+/m0/s1. The van der Waals surface area contributed by atoms with Crippen LogP contribution in [0.15, 0.2) is 36.7 Å². The summed E-state index contributed by atoms with van der Waals surface area (Å²) in [6, 6.07) is 10.1. The highest BCUT2D eigenvalue weighted by atomic mass is 19.1. The van der Waals surface area contributed by atoms with E-state index in [0.717, 1.165) is 0 Å². The molecule has 3 saturated heterocycles. The molecule has 0 saturated carbocycles. The molecule has 3 aliphatic rings. The second-order valence-corrected chi connectivity index (χ2v) is 7.75. The monoisotopic (exact) mass is 393 g/mol. The summed E-state index contributed by atoms with van der Waals surface area (Å²) < 4.78 is 20.6. The zero-order chi connectivity index (χ0) is 20.0. The van der Waals surface area contributed by atoms with Gasteiger partial charge in [-0.05, 0) is 18.9 Å². The third-order valence-electron chi connectivity index (χ3n) is 6.25. The van der Waals surface area contributed by atoms with Crippen LogP contribution < -0.4 is 4.90 Å². The third-order valence-corrected chi connectivity index (χ3v) is 6.25. The van der Waals surface area contributed by atoms with Crippen LogP contribution in [0.4, 0.5) is 10.2 Å².